The lowest BCUT2D eigenvalue weighted by Gasteiger charge is -2.49. The molecule has 2 rings (SSSR count). The fourth-order valence-corrected chi connectivity index (χ4v) is 3.19. The van der Waals surface area contributed by atoms with Crippen molar-refractivity contribution >= 4 is 22.6 Å². The Morgan fingerprint density at radius 1 is 1.38 bits per heavy atom. The van der Waals surface area contributed by atoms with Gasteiger partial charge in [0.1, 0.15) is 11.2 Å². The van der Waals surface area contributed by atoms with Crippen LogP contribution in [-0.4, -0.2) is 15.6 Å². The van der Waals surface area contributed by atoms with E-state index < -0.39 is 0 Å². The molecule has 76 valence electrons. The Bertz CT molecular complexity index is 209. The molecule has 0 spiro atoms. The van der Waals surface area contributed by atoms with Gasteiger partial charge in [-0.05, 0) is 39.0 Å². The molecule has 0 radical (unpaired) electrons. The van der Waals surface area contributed by atoms with Crippen LogP contribution in [0.3, 0.4) is 0 Å². The first-order valence-electron chi connectivity index (χ1n) is 5.01. The summed E-state index contributed by atoms with van der Waals surface area (Å²) in [4.78, 5) is 11.1. The number of rotatable bonds is 1. The number of hydrogen-bond acceptors (Lipinski definition) is 2. The number of fused-ring (bicyclic) bond motifs is 2. The highest BCUT2D eigenvalue weighted by Gasteiger charge is 2.49. The van der Waals surface area contributed by atoms with Gasteiger partial charge >= 0.3 is 0 Å². The second-order valence-corrected chi connectivity index (χ2v) is 5.62. The van der Waals surface area contributed by atoms with Crippen LogP contribution in [0.5, 0.6) is 0 Å². The second-order valence-electron chi connectivity index (χ2n) is 4.86. The van der Waals surface area contributed by atoms with Gasteiger partial charge in [-0.25, -0.2) is 9.78 Å². The Morgan fingerprint density at radius 3 is 2.85 bits per heavy atom. The van der Waals surface area contributed by atoms with E-state index in [4.69, 9.17) is 9.78 Å². The first-order chi connectivity index (χ1) is 6.08. The topological polar surface area (TPSA) is 18.5 Å². The maximum atomic E-state index is 5.58. The zero-order chi connectivity index (χ0) is 9.53. The summed E-state index contributed by atoms with van der Waals surface area (Å²) in [5.74, 6) is 0.692. The minimum Gasteiger partial charge on any atom is -0.230 e. The first kappa shape index (κ1) is 10.2. The number of alkyl halides is 1. The normalized spacial score (nSPS) is 50.5. The Morgan fingerprint density at radius 2 is 2.15 bits per heavy atom. The van der Waals surface area contributed by atoms with Gasteiger partial charge < -0.3 is 0 Å². The molecule has 1 unspecified atom stereocenters. The maximum Gasteiger partial charge on any atom is 0.113 e. The zero-order valence-electron chi connectivity index (χ0n) is 8.31. The summed E-state index contributed by atoms with van der Waals surface area (Å²) >= 11 is 2.39. The van der Waals surface area contributed by atoms with Gasteiger partial charge in [0.05, 0.1) is 0 Å². The summed E-state index contributed by atoms with van der Waals surface area (Å²) in [7, 11) is 0. The molecule has 2 nitrogen and oxygen atoms in total. The lowest BCUT2D eigenvalue weighted by Crippen LogP contribution is -2.53. The van der Waals surface area contributed by atoms with Crippen molar-refractivity contribution in [3.63, 3.8) is 0 Å². The average molecular weight is 296 g/mol. The molecule has 0 aromatic carbocycles. The van der Waals surface area contributed by atoms with E-state index >= 15 is 0 Å². The summed E-state index contributed by atoms with van der Waals surface area (Å²) in [5, 5.41) is 0. The molecule has 0 amide bonds. The monoisotopic (exact) mass is 296 g/mol. The van der Waals surface area contributed by atoms with Crippen LogP contribution in [0.25, 0.3) is 0 Å². The third kappa shape index (κ3) is 1.75. The largest absolute Gasteiger partial charge is 0.230 e. The van der Waals surface area contributed by atoms with Gasteiger partial charge in [-0.1, -0.05) is 29.0 Å². The fourth-order valence-electron chi connectivity index (χ4n) is 2.44. The molecule has 0 aromatic rings. The van der Waals surface area contributed by atoms with Crippen LogP contribution < -0.4 is 0 Å². The highest BCUT2D eigenvalue weighted by atomic mass is 127. The minimum atomic E-state index is -0.0412. The Labute approximate surface area is 93.4 Å². The highest BCUT2D eigenvalue weighted by molar-refractivity contribution is 14.1. The third-order valence-electron chi connectivity index (χ3n) is 3.50. The number of hydrogen-bond donors (Lipinski definition) is 0. The molecule has 1 aliphatic carbocycles. The van der Waals surface area contributed by atoms with E-state index in [9.17, 15) is 0 Å². The van der Waals surface area contributed by atoms with Crippen molar-refractivity contribution in [2.75, 3.05) is 4.43 Å². The van der Waals surface area contributed by atoms with E-state index in [1.165, 1.54) is 19.3 Å². The van der Waals surface area contributed by atoms with Crippen molar-refractivity contribution in [2.24, 2.45) is 5.92 Å². The van der Waals surface area contributed by atoms with Crippen molar-refractivity contribution in [2.45, 2.75) is 50.7 Å². The molecular formula is C10H17IO2. The van der Waals surface area contributed by atoms with Crippen LogP contribution in [0.4, 0.5) is 0 Å². The summed E-state index contributed by atoms with van der Waals surface area (Å²) in [5.41, 5.74) is -0.0330. The van der Waals surface area contributed by atoms with E-state index in [-0.39, 0.29) is 11.2 Å². The molecule has 1 saturated carbocycles. The molecule has 0 N–H and O–H groups in total. The van der Waals surface area contributed by atoms with Gasteiger partial charge in [0, 0.05) is 4.43 Å². The molecule has 1 heterocycles. The molecule has 13 heavy (non-hydrogen) atoms. The smallest absolute Gasteiger partial charge is 0.113 e. The second kappa shape index (κ2) is 3.35. The van der Waals surface area contributed by atoms with Crippen molar-refractivity contribution in [3.8, 4) is 0 Å². The van der Waals surface area contributed by atoms with Gasteiger partial charge in [0.2, 0.25) is 0 Å². The van der Waals surface area contributed by atoms with E-state index in [1.54, 1.807) is 0 Å². The van der Waals surface area contributed by atoms with E-state index in [0.29, 0.717) is 5.92 Å². The van der Waals surface area contributed by atoms with Crippen molar-refractivity contribution in [3.05, 3.63) is 0 Å². The van der Waals surface area contributed by atoms with Crippen molar-refractivity contribution < 1.29 is 9.78 Å². The van der Waals surface area contributed by atoms with Crippen LogP contribution in [0.1, 0.15) is 39.5 Å². The fraction of sp³-hybridized carbons (Fsp3) is 1.00. The van der Waals surface area contributed by atoms with Crippen LogP contribution in [0, 0.1) is 5.92 Å². The third-order valence-corrected chi connectivity index (χ3v) is 5.01. The predicted octanol–water partition coefficient (Wildman–Crippen LogP) is 3.09. The van der Waals surface area contributed by atoms with Gasteiger partial charge in [-0.2, -0.15) is 0 Å². The average Bonchev–Trinajstić information content (AvgIpc) is 2.13. The summed E-state index contributed by atoms with van der Waals surface area (Å²) < 4.78 is 1.02. The quantitative estimate of drug-likeness (QED) is 0.420. The molecule has 1 aliphatic heterocycles. The van der Waals surface area contributed by atoms with Crippen LogP contribution in [-0.2, 0) is 9.78 Å². The lowest BCUT2D eigenvalue weighted by atomic mass is 9.72. The molecule has 3 atom stereocenters. The molecule has 2 aliphatic rings. The van der Waals surface area contributed by atoms with Crippen molar-refractivity contribution in [1.29, 1.82) is 0 Å². The minimum absolute atomic E-state index is 0.00817. The van der Waals surface area contributed by atoms with Gasteiger partial charge in [0.25, 0.3) is 0 Å². The predicted molar refractivity (Wildman–Crippen MR) is 59.8 cm³/mol. The maximum absolute atomic E-state index is 5.58. The molecular weight excluding hydrogens is 279 g/mol. The van der Waals surface area contributed by atoms with Crippen LogP contribution in [0.15, 0.2) is 0 Å². The zero-order valence-corrected chi connectivity index (χ0v) is 10.5. The van der Waals surface area contributed by atoms with E-state index in [0.717, 1.165) is 10.8 Å². The number of halogens is 1. The Balaban J connectivity index is 2.15. The lowest BCUT2D eigenvalue weighted by molar-refractivity contribution is -0.449. The van der Waals surface area contributed by atoms with Gasteiger partial charge in [-0.15, -0.1) is 0 Å². The SMILES string of the molecule is CC1(CI)OO[C@@]2(C)CCC[C@@H]1C2. The van der Waals surface area contributed by atoms with E-state index in [1.807, 2.05) is 0 Å². The highest BCUT2D eigenvalue weighted by Crippen LogP contribution is 2.47. The Kier molecular flexibility index (Phi) is 2.62. The molecule has 2 bridgehead atoms. The summed E-state index contributed by atoms with van der Waals surface area (Å²) in [6, 6.07) is 0. The van der Waals surface area contributed by atoms with Gasteiger partial charge in [0.15, 0.2) is 0 Å². The van der Waals surface area contributed by atoms with Gasteiger partial charge in [-0.3, -0.25) is 0 Å². The molecule has 3 heteroatoms. The van der Waals surface area contributed by atoms with Crippen LogP contribution >= 0.6 is 22.6 Å². The van der Waals surface area contributed by atoms with Crippen LogP contribution in [0.2, 0.25) is 0 Å². The Hall–Kier alpha value is 0.650. The first-order valence-corrected chi connectivity index (χ1v) is 6.53. The summed E-state index contributed by atoms with van der Waals surface area (Å²) in [6.45, 7) is 4.35. The van der Waals surface area contributed by atoms with E-state index in [2.05, 4.69) is 36.4 Å². The standard InChI is InChI=1S/C10H17IO2/c1-9-5-3-4-8(6-9)10(2,7-11)13-12-9/h8H,3-7H2,1-2H3/t8-,9+,10?/m1/s1. The molecule has 0 aromatic heterocycles. The summed E-state index contributed by atoms with van der Waals surface area (Å²) in [6.07, 6.45) is 4.92. The molecule has 1 saturated heterocycles. The van der Waals surface area contributed by atoms with Crippen molar-refractivity contribution in [1.82, 2.24) is 0 Å². The molecule has 2 fully saturated rings.